The van der Waals surface area contributed by atoms with Gasteiger partial charge in [-0.15, -0.1) is 0 Å². The Morgan fingerprint density at radius 1 is 1.23 bits per heavy atom. The molecule has 0 aromatic heterocycles. The molecule has 2 amide bonds. The zero-order valence-electron chi connectivity index (χ0n) is 13.1. The second-order valence-electron chi connectivity index (χ2n) is 6.10. The number of piperidine rings is 1. The van der Waals surface area contributed by atoms with Crippen LogP contribution in [-0.4, -0.2) is 29.8 Å². The molecule has 1 saturated heterocycles. The van der Waals surface area contributed by atoms with Gasteiger partial charge in [0.25, 0.3) is 0 Å². The van der Waals surface area contributed by atoms with Crippen molar-refractivity contribution in [1.82, 2.24) is 10.2 Å². The first-order chi connectivity index (χ1) is 10.5. The lowest BCUT2D eigenvalue weighted by Crippen LogP contribution is -2.44. The number of halogens is 1. The zero-order chi connectivity index (χ0) is 16.1. The van der Waals surface area contributed by atoms with E-state index in [-0.39, 0.29) is 29.5 Å². The third-order valence-electron chi connectivity index (χ3n) is 4.05. The lowest BCUT2D eigenvalue weighted by atomic mass is 9.95. The van der Waals surface area contributed by atoms with Gasteiger partial charge in [-0.1, -0.05) is 26.0 Å². The molecule has 0 saturated carbocycles. The van der Waals surface area contributed by atoms with Gasteiger partial charge >= 0.3 is 0 Å². The Morgan fingerprint density at radius 2 is 1.82 bits per heavy atom. The fourth-order valence-corrected chi connectivity index (χ4v) is 2.66. The van der Waals surface area contributed by atoms with Crippen molar-refractivity contribution in [2.45, 2.75) is 33.2 Å². The third kappa shape index (κ3) is 4.29. The molecule has 0 spiro atoms. The number of likely N-dealkylation sites (tertiary alicyclic amines) is 1. The van der Waals surface area contributed by atoms with Crippen LogP contribution in [0.1, 0.15) is 32.3 Å². The Kier molecular flexibility index (Phi) is 5.52. The van der Waals surface area contributed by atoms with Gasteiger partial charge in [-0.25, -0.2) is 4.39 Å². The molecule has 120 valence electrons. The molecule has 22 heavy (non-hydrogen) atoms. The Morgan fingerprint density at radius 3 is 2.36 bits per heavy atom. The van der Waals surface area contributed by atoms with Crippen molar-refractivity contribution in [2.75, 3.05) is 13.1 Å². The van der Waals surface area contributed by atoms with Crippen molar-refractivity contribution in [3.8, 4) is 0 Å². The van der Waals surface area contributed by atoms with Gasteiger partial charge in [0, 0.05) is 31.5 Å². The molecule has 0 radical (unpaired) electrons. The average molecular weight is 306 g/mol. The first-order valence-electron chi connectivity index (χ1n) is 7.78. The molecule has 1 aromatic carbocycles. The minimum atomic E-state index is -0.280. The molecule has 1 aliphatic heterocycles. The highest BCUT2D eigenvalue weighted by Crippen LogP contribution is 2.19. The lowest BCUT2D eigenvalue weighted by Gasteiger charge is -2.32. The van der Waals surface area contributed by atoms with E-state index in [4.69, 9.17) is 0 Å². The predicted octanol–water partition coefficient (Wildman–Crippen LogP) is 2.34. The van der Waals surface area contributed by atoms with Crippen LogP contribution in [0.3, 0.4) is 0 Å². The van der Waals surface area contributed by atoms with Gasteiger partial charge in [0.05, 0.1) is 0 Å². The summed E-state index contributed by atoms with van der Waals surface area (Å²) in [5.41, 5.74) is 0.877. The van der Waals surface area contributed by atoms with E-state index in [9.17, 15) is 14.0 Å². The summed E-state index contributed by atoms with van der Waals surface area (Å²) in [6.45, 7) is 5.48. The van der Waals surface area contributed by atoms with E-state index in [0.717, 1.165) is 5.56 Å². The van der Waals surface area contributed by atoms with Crippen LogP contribution in [-0.2, 0) is 16.1 Å². The summed E-state index contributed by atoms with van der Waals surface area (Å²) in [5, 5.41) is 2.89. The number of nitrogens with zero attached hydrogens (tertiary/aromatic N) is 1. The van der Waals surface area contributed by atoms with Gasteiger partial charge in [-0.05, 0) is 30.5 Å². The highest BCUT2D eigenvalue weighted by molar-refractivity contribution is 5.80. The van der Waals surface area contributed by atoms with E-state index in [1.54, 1.807) is 12.1 Å². The Balaban J connectivity index is 1.77. The molecule has 0 bridgehead atoms. The quantitative estimate of drug-likeness (QED) is 0.928. The van der Waals surface area contributed by atoms with Crippen LogP contribution in [0.5, 0.6) is 0 Å². The molecule has 2 rings (SSSR count). The fraction of sp³-hybridized carbons (Fsp3) is 0.529. The van der Waals surface area contributed by atoms with E-state index in [0.29, 0.717) is 32.5 Å². The monoisotopic (exact) mass is 306 g/mol. The minimum Gasteiger partial charge on any atom is -0.352 e. The molecule has 1 aliphatic rings. The summed E-state index contributed by atoms with van der Waals surface area (Å²) >= 11 is 0. The average Bonchev–Trinajstić information content (AvgIpc) is 2.53. The van der Waals surface area contributed by atoms with Gasteiger partial charge in [0.15, 0.2) is 0 Å². The van der Waals surface area contributed by atoms with Crippen LogP contribution in [0.4, 0.5) is 4.39 Å². The molecule has 0 atom stereocenters. The number of hydrogen-bond acceptors (Lipinski definition) is 2. The maximum atomic E-state index is 12.8. The normalized spacial score (nSPS) is 15.9. The predicted molar refractivity (Wildman–Crippen MR) is 82.4 cm³/mol. The summed E-state index contributed by atoms with van der Waals surface area (Å²) in [7, 11) is 0. The third-order valence-corrected chi connectivity index (χ3v) is 4.05. The van der Waals surface area contributed by atoms with Crippen molar-refractivity contribution >= 4 is 11.8 Å². The molecule has 1 heterocycles. The van der Waals surface area contributed by atoms with Crippen molar-refractivity contribution < 1.29 is 14.0 Å². The number of hydrogen-bond donors (Lipinski definition) is 1. The SMILES string of the molecule is CC(C)C(=O)N1CCC(C(=O)NCc2ccc(F)cc2)CC1. The molecule has 1 aromatic rings. The second-order valence-corrected chi connectivity index (χ2v) is 6.10. The number of nitrogens with one attached hydrogen (secondary N) is 1. The summed E-state index contributed by atoms with van der Waals surface area (Å²) in [6.07, 6.45) is 1.40. The number of carbonyl (C=O) groups excluding carboxylic acids is 2. The molecular weight excluding hydrogens is 283 g/mol. The van der Waals surface area contributed by atoms with Gasteiger partial charge in [0.2, 0.25) is 11.8 Å². The first kappa shape index (κ1) is 16.5. The van der Waals surface area contributed by atoms with Crippen LogP contribution >= 0.6 is 0 Å². The van der Waals surface area contributed by atoms with Gasteiger partial charge in [-0.3, -0.25) is 9.59 Å². The standard InChI is InChI=1S/C17H23FN2O2/c1-12(2)17(22)20-9-7-14(8-10-20)16(21)19-11-13-3-5-15(18)6-4-13/h3-6,12,14H,7-11H2,1-2H3,(H,19,21). The van der Waals surface area contributed by atoms with E-state index < -0.39 is 0 Å². The van der Waals surface area contributed by atoms with Crippen molar-refractivity contribution in [3.05, 3.63) is 35.6 Å². The highest BCUT2D eigenvalue weighted by Gasteiger charge is 2.27. The van der Waals surface area contributed by atoms with Crippen LogP contribution in [0.15, 0.2) is 24.3 Å². The van der Waals surface area contributed by atoms with E-state index >= 15 is 0 Å². The molecule has 5 heteroatoms. The van der Waals surface area contributed by atoms with Crippen molar-refractivity contribution in [3.63, 3.8) is 0 Å². The Hall–Kier alpha value is -1.91. The fourth-order valence-electron chi connectivity index (χ4n) is 2.66. The Bertz CT molecular complexity index is 520. The molecule has 4 nitrogen and oxygen atoms in total. The number of carbonyl (C=O) groups is 2. The number of amides is 2. The minimum absolute atomic E-state index is 0.00357. The largest absolute Gasteiger partial charge is 0.352 e. The van der Waals surface area contributed by atoms with Crippen LogP contribution in [0, 0.1) is 17.7 Å². The van der Waals surface area contributed by atoms with Crippen molar-refractivity contribution in [2.24, 2.45) is 11.8 Å². The zero-order valence-corrected chi connectivity index (χ0v) is 13.1. The molecule has 0 aliphatic carbocycles. The molecular formula is C17H23FN2O2. The summed E-state index contributed by atoms with van der Waals surface area (Å²) in [5.74, 6) is -0.149. The van der Waals surface area contributed by atoms with Crippen LogP contribution < -0.4 is 5.32 Å². The van der Waals surface area contributed by atoms with Gasteiger partial charge in [-0.2, -0.15) is 0 Å². The maximum Gasteiger partial charge on any atom is 0.225 e. The Labute approximate surface area is 130 Å². The van der Waals surface area contributed by atoms with E-state index in [2.05, 4.69) is 5.32 Å². The number of benzene rings is 1. The molecule has 1 N–H and O–H groups in total. The molecule has 0 unspecified atom stereocenters. The lowest BCUT2D eigenvalue weighted by molar-refractivity contribution is -0.138. The number of rotatable bonds is 4. The highest BCUT2D eigenvalue weighted by atomic mass is 19.1. The maximum absolute atomic E-state index is 12.8. The first-order valence-corrected chi connectivity index (χ1v) is 7.78. The van der Waals surface area contributed by atoms with Crippen LogP contribution in [0.25, 0.3) is 0 Å². The summed E-state index contributed by atoms with van der Waals surface area (Å²) < 4.78 is 12.8. The summed E-state index contributed by atoms with van der Waals surface area (Å²) in [4.78, 5) is 25.9. The van der Waals surface area contributed by atoms with Crippen molar-refractivity contribution in [1.29, 1.82) is 0 Å². The van der Waals surface area contributed by atoms with Gasteiger partial charge in [0.1, 0.15) is 5.82 Å². The summed E-state index contributed by atoms with van der Waals surface area (Å²) in [6, 6.07) is 6.11. The van der Waals surface area contributed by atoms with E-state index in [1.165, 1.54) is 12.1 Å². The second kappa shape index (κ2) is 7.38. The smallest absolute Gasteiger partial charge is 0.225 e. The molecule has 1 fully saturated rings. The van der Waals surface area contributed by atoms with E-state index in [1.807, 2.05) is 18.7 Å². The topological polar surface area (TPSA) is 49.4 Å². The van der Waals surface area contributed by atoms with Crippen LogP contribution in [0.2, 0.25) is 0 Å². The van der Waals surface area contributed by atoms with Gasteiger partial charge < -0.3 is 10.2 Å².